The molecule has 0 aromatic heterocycles. The molecule has 1 saturated heterocycles. The molecule has 1 aliphatic rings. The van der Waals surface area contributed by atoms with Gasteiger partial charge in [-0.1, -0.05) is 27.7 Å². The van der Waals surface area contributed by atoms with Crippen molar-refractivity contribution in [1.82, 2.24) is 0 Å². The van der Waals surface area contributed by atoms with Gasteiger partial charge in [-0.05, 0) is 134 Å². The first-order chi connectivity index (χ1) is 21.8. The average Bonchev–Trinajstić information content (AvgIpc) is 3.58. The molecule has 45 heavy (non-hydrogen) atoms. The van der Waals surface area contributed by atoms with Crippen molar-refractivity contribution in [3.8, 4) is 5.75 Å². The van der Waals surface area contributed by atoms with Crippen molar-refractivity contribution in [1.29, 1.82) is 0 Å². The summed E-state index contributed by atoms with van der Waals surface area (Å²) in [7, 11) is 0. The molecular weight excluding hydrogens is 558 g/mol. The smallest absolute Gasteiger partial charge is 0.119 e. The van der Waals surface area contributed by atoms with Crippen LogP contribution in [0, 0.1) is 11.3 Å². The quantitative estimate of drug-likeness (QED) is 0.151. The second kappa shape index (κ2) is 15.3. The van der Waals surface area contributed by atoms with Crippen molar-refractivity contribution in [2.75, 3.05) is 24.6 Å². The standard InChI is InChI=1S/C37H43N7O/c1-28(27-37(2,3)4)23-26-45-36-21-17-34(18-22-36)43-41-32-13-9-30(10-14-32)39-38-29-7-11-31(12-8-29)40-42-33-15-19-35(20-16-33)44-24-5-6-25-44/h7-22,28H,5-6,23-27H2,1-4H3. The Balaban J connectivity index is 1.07. The molecule has 8 nitrogen and oxygen atoms in total. The highest BCUT2D eigenvalue weighted by molar-refractivity contribution is 5.54. The molecule has 0 amide bonds. The Labute approximate surface area is 267 Å². The van der Waals surface area contributed by atoms with Gasteiger partial charge in [0.15, 0.2) is 0 Å². The number of nitrogens with zero attached hydrogens (tertiary/aromatic N) is 7. The first kappa shape index (κ1) is 31.7. The molecule has 0 radical (unpaired) electrons. The van der Waals surface area contributed by atoms with E-state index in [1.165, 1.54) is 24.9 Å². The van der Waals surface area contributed by atoms with Gasteiger partial charge in [-0.3, -0.25) is 0 Å². The van der Waals surface area contributed by atoms with E-state index in [-0.39, 0.29) is 0 Å². The first-order valence-electron chi connectivity index (χ1n) is 15.8. The maximum atomic E-state index is 5.93. The van der Waals surface area contributed by atoms with E-state index >= 15 is 0 Å². The SMILES string of the molecule is CC(CCOc1ccc(N=Nc2ccc(N=Nc3ccc(N=Nc4ccc(N5CCCC5)cc4)cc3)cc2)cc1)CC(C)(C)C. The largest absolute Gasteiger partial charge is 0.494 e. The van der Waals surface area contributed by atoms with Gasteiger partial charge in [-0.15, -0.1) is 0 Å². The normalized spacial score (nSPS) is 14.6. The number of anilines is 1. The van der Waals surface area contributed by atoms with Crippen LogP contribution in [0.1, 0.15) is 53.4 Å². The van der Waals surface area contributed by atoms with Gasteiger partial charge in [0.1, 0.15) is 5.75 Å². The van der Waals surface area contributed by atoms with E-state index in [0.717, 1.165) is 59.4 Å². The predicted octanol–water partition coefficient (Wildman–Crippen LogP) is 12.4. The lowest BCUT2D eigenvalue weighted by molar-refractivity contribution is 0.240. The van der Waals surface area contributed by atoms with Crippen LogP contribution in [-0.2, 0) is 0 Å². The van der Waals surface area contributed by atoms with Crippen LogP contribution in [0.3, 0.4) is 0 Å². The van der Waals surface area contributed by atoms with E-state index in [0.29, 0.717) is 17.9 Å². The summed E-state index contributed by atoms with van der Waals surface area (Å²) in [6.07, 6.45) is 4.77. The second-order valence-electron chi connectivity index (χ2n) is 12.8. The van der Waals surface area contributed by atoms with Crippen LogP contribution in [0.15, 0.2) is 128 Å². The zero-order chi connectivity index (χ0) is 31.5. The molecule has 1 heterocycles. The van der Waals surface area contributed by atoms with Gasteiger partial charge in [0.05, 0.1) is 40.7 Å². The number of benzene rings is 4. The lowest BCUT2D eigenvalue weighted by Gasteiger charge is -2.23. The molecule has 8 heteroatoms. The monoisotopic (exact) mass is 601 g/mol. The number of ether oxygens (including phenoxy) is 1. The molecule has 0 aliphatic carbocycles. The minimum absolute atomic E-state index is 0.347. The number of azo groups is 3. The Hall–Kier alpha value is -4.72. The highest BCUT2D eigenvalue weighted by atomic mass is 16.5. The Bertz CT molecular complexity index is 1560. The molecule has 4 aromatic carbocycles. The summed E-state index contributed by atoms with van der Waals surface area (Å²) in [5, 5.41) is 26.1. The third-order valence-corrected chi connectivity index (χ3v) is 7.54. The minimum Gasteiger partial charge on any atom is -0.494 e. The summed E-state index contributed by atoms with van der Waals surface area (Å²) < 4.78 is 5.93. The third kappa shape index (κ3) is 10.4. The molecule has 1 atom stereocenters. The van der Waals surface area contributed by atoms with Gasteiger partial charge in [-0.25, -0.2) is 0 Å². The van der Waals surface area contributed by atoms with Crippen molar-refractivity contribution in [3.05, 3.63) is 97.1 Å². The zero-order valence-electron chi connectivity index (χ0n) is 26.8. The van der Waals surface area contributed by atoms with E-state index < -0.39 is 0 Å². The van der Waals surface area contributed by atoms with Crippen LogP contribution in [0.2, 0.25) is 0 Å². The molecule has 5 rings (SSSR count). The van der Waals surface area contributed by atoms with E-state index in [2.05, 4.69) is 75.4 Å². The maximum absolute atomic E-state index is 5.93. The summed E-state index contributed by atoms with van der Waals surface area (Å²) >= 11 is 0. The fraction of sp³-hybridized carbons (Fsp3) is 0.351. The van der Waals surface area contributed by atoms with Gasteiger partial charge in [0.25, 0.3) is 0 Å². The third-order valence-electron chi connectivity index (χ3n) is 7.54. The molecule has 0 spiro atoms. The van der Waals surface area contributed by atoms with Crippen LogP contribution in [0.25, 0.3) is 0 Å². The molecule has 232 valence electrons. The van der Waals surface area contributed by atoms with Crippen LogP contribution in [-0.4, -0.2) is 19.7 Å². The van der Waals surface area contributed by atoms with E-state index in [1.54, 1.807) is 0 Å². The van der Waals surface area contributed by atoms with E-state index in [9.17, 15) is 0 Å². The highest BCUT2D eigenvalue weighted by Gasteiger charge is 2.15. The topological polar surface area (TPSA) is 86.6 Å². The Kier molecular flexibility index (Phi) is 10.8. The van der Waals surface area contributed by atoms with Crippen LogP contribution in [0.5, 0.6) is 5.75 Å². The lowest BCUT2D eigenvalue weighted by Crippen LogP contribution is -2.17. The second-order valence-corrected chi connectivity index (χ2v) is 12.8. The molecular formula is C37H43N7O. The fourth-order valence-electron chi connectivity index (χ4n) is 5.36. The van der Waals surface area contributed by atoms with Gasteiger partial charge in [-0.2, -0.15) is 30.7 Å². The zero-order valence-corrected chi connectivity index (χ0v) is 26.8. The molecule has 0 N–H and O–H groups in total. The number of hydrogen-bond acceptors (Lipinski definition) is 8. The number of rotatable bonds is 12. The summed E-state index contributed by atoms with van der Waals surface area (Å²) in [4.78, 5) is 2.40. The Morgan fingerprint density at radius 3 is 1.31 bits per heavy atom. The molecule has 1 unspecified atom stereocenters. The molecule has 1 aliphatic heterocycles. The van der Waals surface area contributed by atoms with Crippen LogP contribution in [0.4, 0.5) is 39.8 Å². The number of hydrogen-bond donors (Lipinski definition) is 0. The van der Waals surface area contributed by atoms with Crippen molar-refractivity contribution in [3.63, 3.8) is 0 Å². The van der Waals surface area contributed by atoms with Crippen molar-refractivity contribution in [2.45, 2.75) is 53.4 Å². The highest BCUT2D eigenvalue weighted by Crippen LogP contribution is 2.29. The fourth-order valence-corrected chi connectivity index (χ4v) is 5.36. The van der Waals surface area contributed by atoms with Gasteiger partial charge >= 0.3 is 0 Å². The first-order valence-corrected chi connectivity index (χ1v) is 15.8. The van der Waals surface area contributed by atoms with Gasteiger partial charge in [0, 0.05) is 18.8 Å². The Morgan fingerprint density at radius 2 is 0.933 bits per heavy atom. The molecule has 1 fully saturated rings. The molecule has 0 saturated carbocycles. The average molecular weight is 602 g/mol. The van der Waals surface area contributed by atoms with Crippen molar-refractivity contribution in [2.24, 2.45) is 42.0 Å². The molecule has 4 aromatic rings. The lowest BCUT2D eigenvalue weighted by atomic mass is 9.84. The van der Waals surface area contributed by atoms with Crippen molar-refractivity contribution >= 4 is 39.8 Å². The summed E-state index contributed by atoms with van der Waals surface area (Å²) in [5.41, 5.74) is 6.16. The van der Waals surface area contributed by atoms with Crippen LogP contribution < -0.4 is 9.64 Å². The van der Waals surface area contributed by atoms with Gasteiger partial charge in [0.2, 0.25) is 0 Å². The van der Waals surface area contributed by atoms with E-state index in [4.69, 9.17) is 4.74 Å². The summed E-state index contributed by atoms with van der Waals surface area (Å²) in [6.45, 7) is 12.1. The summed E-state index contributed by atoms with van der Waals surface area (Å²) in [6, 6.07) is 31.0. The van der Waals surface area contributed by atoms with Crippen molar-refractivity contribution < 1.29 is 4.74 Å². The van der Waals surface area contributed by atoms with E-state index in [1.807, 2.05) is 84.9 Å². The summed E-state index contributed by atoms with van der Waals surface area (Å²) in [5.74, 6) is 1.48. The Morgan fingerprint density at radius 1 is 0.578 bits per heavy atom. The predicted molar refractivity (Wildman–Crippen MR) is 183 cm³/mol. The van der Waals surface area contributed by atoms with Gasteiger partial charge < -0.3 is 9.64 Å². The molecule has 0 bridgehead atoms. The van der Waals surface area contributed by atoms with Crippen LogP contribution >= 0.6 is 0 Å². The maximum Gasteiger partial charge on any atom is 0.119 e. The minimum atomic E-state index is 0.347.